The van der Waals surface area contributed by atoms with Crippen molar-refractivity contribution in [2.24, 2.45) is 0 Å². The van der Waals surface area contributed by atoms with Crippen LogP contribution in [0, 0.1) is 6.92 Å². The standard InChI is InChI=1S/C17H25N3S/c1-4-10-18-17(9-8-14-7-6-11-21-14)15-12-13(3)19-20-16(15)5-2/h6-7,11-12,17-18H,4-5,8-10H2,1-3H3. The van der Waals surface area contributed by atoms with E-state index in [1.165, 1.54) is 10.4 Å². The van der Waals surface area contributed by atoms with Gasteiger partial charge in [0.25, 0.3) is 0 Å². The van der Waals surface area contributed by atoms with E-state index in [0.717, 1.165) is 43.6 Å². The molecule has 114 valence electrons. The van der Waals surface area contributed by atoms with Crippen LogP contribution in [0.4, 0.5) is 0 Å². The van der Waals surface area contributed by atoms with Crippen molar-refractivity contribution in [3.63, 3.8) is 0 Å². The average molecular weight is 303 g/mol. The Morgan fingerprint density at radius 2 is 2.14 bits per heavy atom. The third kappa shape index (κ3) is 4.61. The van der Waals surface area contributed by atoms with Crippen molar-refractivity contribution in [3.8, 4) is 0 Å². The molecule has 2 rings (SSSR count). The molecule has 0 fully saturated rings. The van der Waals surface area contributed by atoms with Crippen LogP contribution in [0.5, 0.6) is 0 Å². The Kier molecular flexibility index (Phi) is 6.33. The summed E-state index contributed by atoms with van der Waals surface area (Å²) in [7, 11) is 0. The molecule has 2 aromatic rings. The van der Waals surface area contributed by atoms with Crippen LogP contribution >= 0.6 is 11.3 Å². The Bertz CT molecular complexity index is 537. The number of hydrogen-bond donors (Lipinski definition) is 1. The predicted octanol–water partition coefficient (Wildman–Crippen LogP) is 4.08. The monoisotopic (exact) mass is 303 g/mol. The largest absolute Gasteiger partial charge is 0.310 e. The summed E-state index contributed by atoms with van der Waals surface area (Å²) in [5, 5.41) is 14.4. The van der Waals surface area contributed by atoms with Crippen molar-refractivity contribution in [3.05, 3.63) is 45.4 Å². The number of rotatable bonds is 8. The van der Waals surface area contributed by atoms with Gasteiger partial charge in [-0.15, -0.1) is 11.3 Å². The highest BCUT2D eigenvalue weighted by Gasteiger charge is 2.16. The summed E-state index contributed by atoms with van der Waals surface area (Å²) in [6.07, 6.45) is 4.31. The van der Waals surface area contributed by atoms with Gasteiger partial charge in [-0.1, -0.05) is 19.9 Å². The lowest BCUT2D eigenvalue weighted by Gasteiger charge is -2.21. The fraction of sp³-hybridized carbons (Fsp3) is 0.529. The van der Waals surface area contributed by atoms with Crippen LogP contribution in [-0.2, 0) is 12.8 Å². The first-order valence-corrected chi connectivity index (χ1v) is 8.71. The molecule has 21 heavy (non-hydrogen) atoms. The fourth-order valence-electron chi connectivity index (χ4n) is 2.54. The number of nitrogens with zero attached hydrogens (tertiary/aromatic N) is 2. The van der Waals surface area contributed by atoms with Crippen LogP contribution in [-0.4, -0.2) is 16.7 Å². The maximum Gasteiger partial charge on any atom is 0.0676 e. The smallest absolute Gasteiger partial charge is 0.0676 e. The van der Waals surface area contributed by atoms with Gasteiger partial charge in [0.2, 0.25) is 0 Å². The van der Waals surface area contributed by atoms with E-state index in [0.29, 0.717) is 6.04 Å². The first kappa shape index (κ1) is 16.1. The minimum atomic E-state index is 0.371. The van der Waals surface area contributed by atoms with Crippen molar-refractivity contribution in [1.82, 2.24) is 15.5 Å². The summed E-state index contributed by atoms with van der Waals surface area (Å²) in [5.74, 6) is 0. The molecule has 0 aliphatic rings. The molecule has 0 saturated carbocycles. The van der Waals surface area contributed by atoms with Crippen molar-refractivity contribution in [2.75, 3.05) is 6.54 Å². The van der Waals surface area contributed by atoms with Gasteiger partial charge in [0.05, 0.1) is 11.4 Å². The second kappa shape index (κ2) is 8.25. The van der Waals surface area contributed by atoms with E-state index in [1.807, 2.05) is 18.3 Å². The Morgan fingerprint density at radius 1 is 1.29 bits per heavy atom. The molecule has 4 heteroatoms. The zero-order valence-corrected chi connectivity index (χ0v) is 14.0. The number of nitrogens with one attached hydrogen (secondary N) is 1. The molecular weight excluding hydrogens is 278 g/mol. The highest BCUT2D eigenvalue weighted by atomic mass is 32.1. The second-order valence-corrected chi connectivity index (χ2v) is 6.40. The topological polar surface area (TPSA) is 37.8 Å². The molecule has 0 aliphatic carbocycles. The van der Waals surface area contributed by atoms with Gasteiger partial charge in [-0.25, -0.2) is 0 Å². The van der Waals surface area contributed by atoms with Gasteiger partial charge in [-0.3, -0.25) is 0 Å². The van der Waals surface area contributed by atoms with Gasteiger partial charge in [0.1, 0.15) is 0 Å². The fourth-order valence-corrected chi connectivity index (χ4v) is 3.26. The van der Waals surface area contributed by atoms with Crippen LogP contribution in [0.3, 0.4) is 0 Å². The van der Waals surface area contributed by atoms with Crippen LogP contribution in [0.2, 0.25) is 0 Å². The minimum Gasteiger partial charge on any atom is -0.310 e. The van der Waals surface area contributed by atoms with Crippen molar-refractivity contribution in [2.45, 2.75) is 52.5 Å². The third-order valence-corrected chi connectivity index (χ3v) is 4.57. The van der Waals surface area contributed by atoms with Gasteiger partial charge in [0.15, 0.2) is 0 Å². The maximum atomic E-state index is 4.38. The zero-order valence-electron chi connectivity index (χ0n) is 13.2. The molecule has 1 N–H and O–H groups in total. The van der Waals surface area contributed by atoms with Gasteiger partial charge in [-0.05, 0) is 62.2 Å². The van der Waals surface area contributed by atoms with Crippen LogP contribution < -0.4 is 5.32 Å². The van der Waals surface area contributed by atoms with E-state index in [-0.39, 0.29) is 0 Å². The summed E-state index contributed by atoms with van der Waals surface area (Å²) in [4.78, 5) is 1.45. The molecule has 0 aliphatic heterocycles. The average Bonchev–Trinajstić information content (AvgIpc) is 3.01. The molecule has 0 bridgehead atoms. The van der Waals surface area contributed by atoms with Crippen molar-refractivity contribution in [1.29, 1.82) is 0 Å². The number of aromatic nitrogens is 2. The molecule has 0 aromatic carbocycles. The molecule has 1 unspecified atom stereocenters. The van der Waals surface area contributed by atoms with Gasteiger partial charge in [-0.2, -0.15) is 10.2 Å². The summed E-state index contributed by atoms with van der Waals surface area (Å²) in [6.45, 7) is 7.42. The van der Waals surface area contributed by atoms with E-state index in [1.54, 1.807) is 0 Å². The molecule has 0 spiro atoms. The Hall–Kier alpha value is -1.26. The Morgan fingerprint density at radius 3 is 2.81 bits per heavy atom. The normalized spacial score (nSPS) is 12.5. The quantitative estimate of drug-likeness (QED) is 0.798. The molecule has 0 radical (unpaired) electrons. The highest BCUT2D eigenvalue weighted by Crippen LogP contribution is 2.24. The number of thiophene rings is 1. The van der Waals surface area contributed by atoms with Gasteiger partial charge in [0, 0.05) is 10.9 Å². The molecule has 0 saturated heterocycles. The van der Waals surface area contributed by atoms with E-state index in [2.05, 4.69) is 52.9 Å². The lowest BCUT2D eigenvalue weighted by atomic mass is 9.98. The van der Waals surface area contributed by atoms with Crippen molar-refractivity contribution >= 4 is 11.3 Å². The molecule has 0 amide bonds. The lowest BCUT2D eigenvalue weighted by molar-refractivity contribution is 0.493. The zero-order chi connectivity index (χ0) is 15.1. The van der Waals surface area contributed by atoms with Gasteiger partial charge < -0.3 is 5.32 Å². The molecule has 3 nitrogen and oxygen atoms in total. The van der Waals surface area contributed by atoms with Gasteiger partial charge >= 0.3 is 0 Å². The van der Waals surface area contributed by atoms with E-state index < -0.39 is 0 Å². The second-order valence-electron chi connectivity index (χ2n) is 5.37. The van der Waals surface area contributed by atoms with E-state index in [4.69, 9.17) is 0 Å². The first-order valence-electron chi connectivity index (χ1n) is 7.83. The maximum absolute atomic E-state index is 4.38. The number of aryl methyl sites for hydroxylation is 3. The lowest BCUT2D eigenvalue weighted by Crippen LogP contribution is -2.24. The third-order valence-electron chi connectivity index (χ3n) is 3.64. The summed E-state index contributed by atoms with van der Waals surface area (Å²) in [5.41, 5.74) is 3.46. The van der Waals surface area contributed by atoms with Crippen LogP contribution in [0.1, 0.15) is 54.6 Å². The minimum absolute atomic E-state index is 0.371. The molecule has 2 heterocycles. The highest BCUT2D eigenvalue weighted by molar-refractivity contribution is 7.09. The molecule has 1 atom stereocenters. The predicted molar refractivity (Wildman–Crippen MR) is 89.8 cm³/mol. The first-order chi connectivity index (χ1) is 10.2. The Balaban J connectivity index is 2.16. The van der Waals surface area contributed by atoms with E-state index >= 15 is 0 Å². The van der Waals surface area contributed by atoms with Crippen LogP contribution in [0.25, 0.3) is 0 Å². The summed E-state index contributed by atoms with van der Waals surface area (Å²) in [6, 6.07) is 6.92. The molecular formula is C17H25N3S. The summed E-state index contributed by atoms with van der Waals surface area (Å²) < 4.78 is 0. The summed E-state index contributed by atoms with van der Waals surface area (Å²) >= 11 is 1.84. The number of hydrogen-bond acceptors (Lipinski definition) is 4. The van der Waals surface area contributed by atoms with E-state index in [9.17, 15) is 0 Å². The SMILES string of the molecule is CCCNC(CCc1cccs1)c1cc(C)nnc1CC. The Labute approximate surface area is 131 Å². The van der Waals surface area contributed by atoms with Crippen LogP contribution in [0.15, 0.2) is 23.6 Å². The van der Waals surface area contributed by atoms with Crippen molar-refractivity contribution < 1.29 is 0 Å². The molecule has 2 aromatic heterocycles.